The molecule has 24 heavy (non-hydrogen) atoms. The second-order valence-electron chi connectivity index (χ2n) is 6.48. The largest absolute Gasteiger partial charge is 0.444 e. The molecule has 0 saturated heterocycles. The molecule has 1 amide bonds. The summed E-state index contributed by atoms with van der Waals surface area (Å²) in [7, 11) is 0. The average Bonchev–Trinajstić information content (AvgIpc) is 2.46. The molecule has 0 rings (SSSR count). The molecule has 7 heteroatoms. The lowest BCUT2D eigenvalue weighted by Crippen LogP contribution is -2.52. The predicted octanol–water partition coefficient (Wildman–Crippen LogP) is 3.43. The Morgan fingerprint density at radius 3 is 2.17 bits per heavy atom. The van der Waals surface area contributed by atoms with Gasteiger partial charge in [-0.25, -0.2) is 4.79 Å². The van der Waals surface area contributed by atoms with E-state index in [1.165, 1.54) is 0 Å². The number of carbonyl (C=O) groups is 1. The highest BCUT2D eigenvalue weighted by molar-refractivity contribution is 14.0. The van der Waals surface area contributed by atoms with E-state index in [9.17, 15) is 4.79 Å². The third-order valence-electron chi connectivity index (χ3n) is 3.42. The molecular weight excluding hydrogens is 419 g/mol. The monoisotopic (exact) mass is 454 g/mol. The van der Waals surface area contributed by atoms with Crippen LogP contribution >= 0.6 is 24.0 Å². The molecule has 0 fully saturated rings. The van der Waals surface area contributed by atoms with Crippen LogP contribution in [0.2, 0.25) is 0 Å². The van der Waals surface area contributed by atoms with E-state index in [1.807, 2.05) is 41.5 Å². The summed E-state index contributed by atoms with van der Waals surface area (Å²) < 4.78 is 5.37. The number of rotatable bonds is 8. The fourth-order valence-electron chi connectivity index (χ4n) is 1.95. The number of aliphatic imine (C=N–C) groups is 1. The molecule has 0 bridgehead atoms. The molecule has 0 atom stereocenters. The Kier molecular flexibility index (Phi) is 13.0. The number of amides is 1. The van der Waals surface area contributed by atoms with Crippen LogP contribution < -0.4 is 16.0 Å². The number of guanidine groups is 1. The molecule has 0 aliphatic carbocycles. The van der Waals surface area contributed by atoms with Gasteiger partial charge in [-0.3, -0.25) is 4.99 Å². The maximum Gasteiger partial charge on any atom is 0.408 e. The molecule has 0 heterocycles. The summed E-state index contributed by atoms with van der Waals surface area (Å²) >= 11 is 0. The molecule has 0 saturated carbocycles. The molecule has 0 aromatic rings. The maximum absolute atomic E-state index is 12.1. The van der Waals surface area contributed by atoms with E-state index in [1.54, 1.807) is 6.08 Å². The molecule has 0 radical (unpaired) electrons. The Balaban J connectivity index is 0. The van der Waals surface area contributed by atoms with E-state index in [2.05, 4.69) is 27.5 Å². The van der Waals surface area contributed by atoms with E-state index in [0.29, 0.717) is 19.0 Å². The summed E-state index contributed by atoms with van der Waals surface area (Å²) in [5, 5.41) is 9.33. The van der Waals surface area contributed by atoms with Crippen molar-refractivity contribution in [2.75, 3.05) is 19.6 Å². The third-order valence-corrected chi connectivity index (χ3v) is 3.42. The first-order valence-electron chi connectivity index (χ1n) is 8.36. The Morgan fingerprint density at radius 1 is 1.17 bits per heavy atom. The zero-order valence-electron chi connectivity index (χ0n) is 16.0. The van der Waals surface area contributed by atoms with Crippen molar-refractivity contribution >= 4 is 36.0 Å². The Hall–Kier alpha value is -0.990. The topological polar surface area (TPSA) is 74.8 Å². The molecule has 0 aliphatic heterocycles. The van der Waals surface area contributed by atoms with Crippen LogP contribution in [0.25, 0.3) is 0 Å². The van der Waals surface area contributed by atoms with Gasteiger partial charge >= 0.3 is 6.09 Å². The maximum atomic E-state index is 12.1. The highest BCUT2D eigenvalue weighted by atomic mass is 127. The summed E-state index contributed by atoms with van der Waals surface area (Å²) in [4.78, 5) is 16.7. The van der Waals surface area contributed by atoms with E-state index in [0.717, 1.165) is 19.4 Å². The number of nitrogens with one attached hydrogen (secondary N) is 3. The van der Waals surface area contributed by atoms with Crippen molar-refractivity contribution < 1.29 is 9.53 Å². The summed E-state index contributed by atoms with van der Waals surface area (Å²) in [5.74, 6) is 0.713. The molecule has 6 nitrogen and oxygen atoms in total. The third kappa shape index (κ3) is 10.7. The molecule has 142 valence electrons. The van der Waals surface area contributed by atoms with Crippen molar-refractivity contribution in [3.63, 3.8) is 0 Å². The van der Waals surface area contributed by atoms with Gasteiger partial charge in [-0.1, -0.05) is 19.9 Å². The first-order chi connectivity index (χ1) is 10.7. The molecular formula is C17H35IN4O2. The Labute approximate surface area is 164 Å². The zero-order valence-corrected chi connectivity index (χ0v) is 18.3. The van der Waals surface area contributed by atoms with E-state index in [-0.39, 0.29) is 24.0 Å². The van der Waals surface area contributed by atoms with Gasteiger partial charge in [0.2, 0.25) is 0 Å². The summed E-state index contributed by atoms with van der Waals surface area (Å²) in [6.07, 6.45) is 2.92. The van der Waals surface area contributed by atoms with Crippen LogP contribution in [0.3, 0.4) is 0 Å². The number of nitrogens with zero attached hydrogens (tertiary/aromatic N) is 1. The highest BCUT2D eigenvalue weighted by Gasteiger charge is 2.30. The van der Waals surface area contributed by atoms with Crippen molar-refractivity contribution in [2.24, 2.45) is 4.99 Å². The number of ether oxygens (including phenoxy) is 1. The van der Waals surface area contributed by atoms with Gasteiger partial charge in [0.15, 0.2) is 5.96 Å². The Bertz CT molecular complexity index is 402. The smallest absolute Gasteiger partial charge is 0.408 e. The summed E-state index contributed by atoms with van der Waals surface area (Å²) in [5.41, 5.74) is -0.931. The lowest BCUT2D eigenvalue weighted by atomic mass is 9.93. The minimum absolute atomic E-state index is 0. The van der Waals surface area contributed by atoms with Gasteiger partial charge < -0.3 is 20.7 Å². The second kappa shape index (κ2) is 12.4. The van der Waals surface area contributed by atoms with Crippen molar-refractivity contribution in [3.8, 4) is 0 Å². The van der Waals surface area contributed by atoms with Crippen molar-refractivity contribution in [2.45, 2.75) is 65.5 Å². The highest BCUT2D eigenvalue weighted by Crippen LogP contribution is 2.17. The number of alkyl carbamates (subject to hydrolysis) is 1. The Morgan fingerprint density at radius 2 is 1.75 bits per heavy atom. The first kappa shape index (κ1) is 25.3. The molecule has 0 aliphatic rings. The first-order valence-corrected chi connectivity index (χ1v) is 8.36. The average molecular weight is 454 g/mol. The minimum atomic E-state index is -0.513. The van der Waals surface area contributed by atoms with Crippen LogP contribution in [0.4, 0.5) is 4.79 Å². The molecule has 0 unspecified atom stereocenters. The van der Waals surface area contributed by atoms with Gasteiger partial charge in [-0.2, -0.15) is 0 Å². The van der Waals surface area contributed by atoms with Crippen molar-refractivity contribution in [1.82, 2.24) is 16.0 Å². The van der Waals surface area contributed by atoms with E-state index >= 15 is 0 Å². The minimum Gasteiger partial charge on any atom is -0.444 e. The van der Waals surface area contributed by atoms with Gasteiger partial charge in [0, 0.05) is 13.1 Å². The molecule has 0 spiro atoms. The number of halogens is 1. The molecule has 0 aromatic carbocycles. The zero-order chi connectivity index (χ0) is 17.9. The normalized spacial score (nSPS) is 12.0. The van der Waals surface area contributed by atoms with Crippen LogP contribution in [0.5, 0.6) is 0 Å². The molecule has 0 aromatic heterocycles. The summed E-state index contributed by atoms with van der Waals surface area (Å²) in [6.45, 7) is 17.2. The number of hydrogen-bond donors (Lipinski definition) is 3. The van der Waals surface area contributed by atoms with E-state index in [4.69, 9.17) is 4.74 Å². The number of hydrogen-bond acceptors (Lipinski definition) is 3. The van der Waals surface area contributed by atoms with Gasteiger partial charge in [0.25, 0.3) is 0 Å². The molecule has 3 N–H and O–H groups in total. The van der Waals surface area contributed by atoms with Crippen LogP contribution in [-0.4, -0.2) is 42.8 Å². The van der Waals surface area contributed by atoms with Crippen molar-refractivity contribution in [3.05, 3.63) is 12.7 Å². The summed E-state index contributed by atoms with van der Waals surface area (Å²) in [6, 6.07) is 0. The second-order valence-corrected chi connectivity index (χ2v) is 6.48. The van der Waals surface area contributed by atoms with Crippen LogP contribution in [-0.2, 0) is 4.74 Å². The van der Waals surface area contributed by atoms with Gasteiger partial charge in [-0.15, -0.1) is 30.6 Å². The van der Waals surface area contributed by atoms with Gasteiger partial charge in [0.05, 0.1) is 12.1 Å². The van der Waals surface area contributed by atoms with Crippen molar-refractivity contribution in [1.29, 1.82) is 0 Å². The fraction of sp³-hybridized carbons (Fsp3) is 0.765. The van der Waals surface area contributed by atoms with E-state index < -0.39 is 17.2 Å². The lowest BCUT2D eigenvalue weighted by molar-refractivity contribution is 0.0452. The standard InChI is InChI=1S/C17H34N4O2.HI/c1-8-12-19-14(18-11-4)20-13-17(9-2,10-3)21-15(22)23-16(5,6)7;/h8H,1,9-13H2,2-7H3,(H,21,22)(H2,18,19,20);1H. The quantitative estimate of drug-likeness (QED) is 0.227. The fourth-order valence-corrected chi connectivity index (χ4v) is 1.95. The van der Waals surface area contributed by atoms with Gasteiger partial charge in [-0.05, 0) is 40.5 Å². The van der Waals surface area contributed by atoms with Crippen LogP contribution in [0.15, 0.2) is 17.6 Å². The van der Waals surface area contributed by atoms with Crippen LogP contribution in [0.1, 0.15) is 54.4 Å². The number of carbonyl (C=O) groups excluding carboxylic acids is 1. The predicted molar refractivity (Wildman–Crippen MR) is 112 cm³/mol. The van der Waals surface area contributed by atoms with Crippen LogP contribution in [0, 0.1) is 0 Å². The van der Waals surface area contributed by atoms with Gasteiger partial charge in [0.1, 0.15) is 5.60 Å². The SMILES string of the molecule is C=CCNC(=NCC(CC)(CC)NC(=O)OC(C)(C)C)NCC.I. The lowest BCUT2D eigenvalue weighted by Gasteiger charge is -2.32.